The maximum atomic E-state index is 12.0. The van der Waals surface area contributed by atoms with E-state index in [0.717, 1.165) is 12.2 Å². The number of nitriles is 1. The predicted octanol–water partition coefficient (Wildman–Crippen LogP) is 1.76. The number of nitrogens with one attached hydrogen (secondary N) is 1. The quantitative estimate of drug-likeness (QED) is 0.763. The lowest BCUT2D eigenvalue weighted by atomic mass is 10.1. The molecule has 0 bridgehead atoms. The summed E-state index contributed by atoms with van der Waals surface area (Å²) in [4.78, 5) is 14.0. The molecule has 0 radical (unpaired) electrons. The van der Waals surface area contributed by atoms with Crippen LogP contribution in [-0.4, -0.2) is 25.5 Å². The van der Waals surface area contributed by atoms with E-state index in [1.807, 2.05) is 18.7 Å². The molecule has 1 amide bonds. The topological polar surface area (TPSA) is 82.2 Å². The predicted molar refractivity (Wildman–Crippen MR) is 77.0 cm³/mol. The van der Waals surface area contributed by atoms with E-state index in [4.69, 9.17) is 11.0 Å². The average molecular weight is 260 g/mol. The number of benzene rings is 1. The van der Waals surface area contributed by atoms with Crippen molar-refractivity contribution in [1.29, 1.82) is 5.26 Å². The molecular weight excluding hydrogens is 240 g/mol. The van der Waals surface area contributed by atoms with E-state index in [0.29, 0.717) is 30.8 Å². The minimum Gasteiger partial charge on any atom is -0.399 e. The second kappa shape index (κ2) is 7.27. The summed E-state index contributed by atoms with van der Waals surface area (Å²) < 4.78 is 0. The fourth-order valence-corrected chi connectivity index (χ4v) is 1.89. The van der Waals surface area contributed by atoms with Gasteiger partial charge in [-0.2, -0.15) is 5.26 Å². The Labute approximate surface area is 114 Å². The number of amides is 1. The van der Waals surface area contributed by atoms with Gasteiger partial charge in [0.25, 0.3) is 5.91 Å². The van der Waals surface area contributed by atoms with Gasteiger partial charge in [0.1, 0.15) is 0 Å². The second-order valence-electron chi connectivity index (χ2n) is 4.12. The molecule has 102 valence electrons. The number of carbonyl (C=O) groups is 1. The van der Waals surface area contributed by atoms with Crippen LogP contribution in [0, 0.1) is 11.3 Å². The number of nitrogens with two attached hydrogens (primary N) is 1. The lowest BCUT2D eigenvalue weighted by Gasteiger charge is -2.24. The lowest BCUT2D eigenvalue weighted by molar-refractivity contribution is 0.0956. The molecule has 0 aliphatic carbocycles. The van der Waals surface area contributed by atoms with Crippen molar-refractivity contribution in [3.05, 3.63) is 23.8 Å². The van der Waals surface area contributed by atoms with Crippen LogP contribution < -0.4 is 16.0 Å². The summed E-state index contributed by atoms with van der Waals surface area (Å²) in [5.41, 5.74) is 7.78. The van der Waals surface area contributed by atoms with E-state index >= 15 is 0 Å². The Balaban J connectivity index is 3.11. The molecule has 5 heteroatoms. The van der Waals surface area contributed by atoms with Gasteiger partial charge in [-0.1, -0.05) is 0 Å². The monoisotopic (exact) mass is 260 g/mol. The third-order valence-electron chi connectivity index (χ3n) is 2.82. The Morgan fingerprint density at radius 2 is 2.21 bits per heavy atom. The number of hydrogen-bond acceptors (Lipinski definition) is 4. The first-order valence-corrected chi connectivity index (χ1v) is 6.43. The normalized spacial score (nSPS) is 9.74. The van der Waals surface area contributed by atoms with Crippen LogP contribution in [0.3, 0.4) is 0 Å². The molecule has 0 fully saturated rings. The maximum absolute atomic E-state index is 12.0. The van der Waals surface area contributed by atoms with Crippen LogP contribution >= 0.6 is 0 Å². The van der Waals surface area contributed by atoms with Gasteiger partial charge in [0.15, 0.2) is 0 Å². The van der Waals surface area contributed by atoms with Crippen molar-refractivity contribution in [3.63, 3.8) is 0 Å². The van der Waals surface area contributed by atoms with Gasteiger partial charge < -0.3 is 16.0 Å². The Bertz CT molecular complexity index is 479. The maximum Gasteiger partial charge on any atom is 0.253 e. The highest BCUT2D eigenvalue weighted by atomic mass is 16.1. The zero-order valence-corrected chi connectivity index (χ0v) is 11.4. The first-order chi connectivity index (χ1) is 9.13. The van der Waals surface area contributed by atoms with Crippen LogP contribution in [0.15, 0.2) is 18.2 Å². The number of anilines is 2. The van der Waals surface area contributed by atoms with Crippen molar-refractivity contribution >= 4 is 17.3 Å². The Morgan fingerprint density at radius 3 is 2.79 bits per heavy atom. The number of hydrogen-bond donors (Lipinski definition) is 2. The molecule has 0 heterocycles. The molecule has 0 saturated carbocycles. The van der Waals surface area contributed by atoms with Gasteiger partial charge >= 0.3 is 0 Å². The van der Waals surface area contributed by atoms with Crippen molar-refractivity contribution < 1.29 is 4.79 Å². The smallest absolute Gasteiger partial charge is 0.253 e. The fraction of sp³-hybridized carbons (Fsp3) is 0.429. The van der Waals surface area contributed by atoms with Crippen LogP contribution in [0.1, 0.15) is 30.6 Å². The second-order valence-corrected chi connectivity index (χ2v) is 4.12. The van der Waals surface area contributed by atoms with Crippen LogP contribution in [0.2, 0.25) is 0 Å². The minimum atomic E-state index is -0.118. The first-order valence-electron chi connectivity index (χ1n) is 6.43. The minimum absolute atomic E-state index is 0.118. The van der Waals surface area contributed by atoms with Gasteiger partial charge in [-0.15, -0.1) is 0 Å². The van der Waals surface area contributed by atoms with E-state index in [1.54, 1.807) is 18.2 Å². The average Bonchev–Trinajstić information content (AvgIpc) is 2.40. The standard InChI is InChI=1S/C14H20N4O/c1-3-17-14(19)12-7-6-11(16)10-13(12)18(4-2)9-5-8-15/h6-7,10H,3-5,9,16H2,1-2H3,(H,17,19). The zero-order valence-electron chi connectivity index (χ0n) is 11.4. The Kier molecular flexibility index (Phi) is 5.68. The highest BCUT2D eigenvalue weighted by Crippen LogP contribution is 2.24. The van der Waals surface area contributed by atoms with Crippen molar-refractivity contribution in [1.82, 2.24) is 5.32 Å². The van der Waals surface area contributed by atoms with Crippen molar-refractivity contribution in [2.75, 3.05) is 30.3 Å². The summed E-state index contributed by atoms with van der Waals surface area (Å²) in [7, 11) is 0. The van der Waals surface area contributed by atoms with Crippen LogP contribution in [-0.2, 0) is 0 Å². The molecule has 1 aromatic carbocycles. The van der Waals surface area contributed by atoms with Gasteiger partial charge in [-0.05, 0) is 32.0 Å². The molecule has 0 unspecified atom stereocenters. The third kappa shape index (κ3) is 3.88. The first kappa shape index (κ1) is 14.8. The highest BCUT2D eigenvalue weighted by molar-refractivity contribution is 6.00. The molecule has 0 spiro atoms. The van der Waals surface area contributed by atoms with E-state index < -0.39 is 0 Å². The summed E-state index contributed by atoms with van der Waals surface area (Å²) in [6.07, 6.45) is 0.414. The van der Waals surface area contributed by atoms with Crippen molar-refractivity contribution in [3.8, 4) is 6.07 Å². The zero-order chi connectivity index (χ0) is 14.3. The summed E-state index contributed by atoms with van der Waals surface area (Å²) in [6, 6.07) is 7.34. The summed E-state index contributed by atoms with van der Waals surface area (Å²) in [5.74, 6) is -0.118. The summed E-state index contributed by atoms with van der Waals surface area (Å²) >= 11 is 0. The molecule has 1 aromatic rings. The molecule has 0 saturated heterocycles. The molecule has 0 aliphatic heterocycles. The number of nitrogen functional groups attached to an aromatic ring is 1. The Morgan fingerprint density at radius 1 is 1.47 bits per heavy atom. The third-order valence-corrected chi connectivity index (χ3v) is 2.82. The van der Waals surface area contributed by atoms with E-state index in [1.165, 1.54) is 0 Å². The molecule has 3 N–H and O–H groups in total. The van der Waals surface area contributed by atoms with Crippen LogP contribution in [0.4, 0.5) is 11.4 Å². The number of rotatable bonds is 6. The van der Waals surface area contributed by atoms with E-state index in [2.05, 4.69) is 11.4 Å². The molecular formula is C14H20N4O. The van der Waals surface area contributed by atoms with E-state index in [-0.39, 0.29) is 5.91 Å². The highest BCUT2D eigenvalue weighted by Gasteiger charge is 2.15. The number of carbonyl (C=O) groups excluding carboxylic acids is 1. The van der Waals surface area contributed by atoms with Crippen molar-refractivity contribution in [2.45, 2.75) is 20.3 Å². The van der Waals surface area contributed by atoms with Crippen molar-refractivity contribution in [2.24, 2.45) is 0 Å². The molecule has 5 nitrogen and oxygen atoms in total. The SMILES string of the molecule is CCNC(=O)c1ccc(N)cc1N(CC)CCC#N. The van der Waals surface area contributed by atoms with Gasteiger partial charge in [0.2, 0.25) is 0 Å². The molecule has 19 heavy (non-hydrogen) atoms. The van der Waals surface area contributed by atoms with Gasteiger partial charge in [0.05, 0.1) is 23.7 Å². The molecule has 0 aliphatic rings. The van der Waals surface area contributed by atoms with Gasteiger partial charge in [-0.3, -0.25) is 4.79 Å². The summed E-state index contributed by atoms with van der Waals surface area (Å²) in [6.45, 7) is 5.75. The summed E-state index contributed by atoms with van der Waals surface area (Å²) in [5, 5.41) is 11.5. The number of nitrogens with zero attached hydrogens (tertiary/aromatic N) is 2. The molecule has 1 rings (SSSR count). The largest absolute Gasteiger partial charge is 0.399 e. The van der Waals surface area contributed by atoms with Crippen LogP contribution in [0.5, 0.6) is 0 Å². The fourth-order valence-electron chi connectivity index (χ4n) is 1.89. The lowest BCUT2D eigenvalue weighted by Crippen LogP contribution is -2.29. The van der Waals surface area contributed by atoms with Gasteiger partial charge in [0, 0.05) is 25.3 Å². The van der Waals surface area contributed by atoms with E-state index in [9.17, 15) is 4.79 Å². The molecule has 0 aromatic heterocycles. The molecule has 0 atom stereocenters. The van der Waals surface area contributed by atoms with Crippen LogP contribution in [0.25, 0.3) is 0 Å². The van der Waals surface area contributed by atoms with Gasteiger partial charge in [-0.25, -0.2) is 0 Å². The Hall–Kier alpha value is -2.22.